The van der Waals surface area contributed by atoms with Crippen LogP contribution in [0.2, 0.25) is 0 Å². The van der Waals surface area contributed by atoms with E-state index in [0.717, 1.165) is 11.1 Å². The molecule has 0 spiro atoms. The maximum absolute atomic E-state index is 12.0. The zero-order valence-corrected chi connectivity index (χ0v) is 10.1. The second kappa shape index (κ2) is 4.68. The highest BCUT2D eigenvalue weighted by atomic mass is 16.4. The van der Waals surface area contributed by atoms with Crippen LogP contribution in [0.3, 0.4) is 0 Å². The minimum absolute atomic E-state index is 0.159. The summed E-state index contributed by atoms with van der Waals surface area (Å²) in [5.74, 6) is -1.50. The minimum Gasteiger partial charge on any atom is -0.508 e. The Morgan fingerprint density at radius 1 is 1.44 bits per heavy atom. The van der Waals surface area contributed by atoms with E-state index in [9.17, 15) is 14.7 Å². The van der Waals surface area contributed by atoms with Gasteiger partial charge in [-0.25, -0.2) is 0 Å². The number of rotatable bonds is 2. The molecular formula is C13H15NO4. The van der Waals surface area contributed by atoms with Gasteiger partial charge in [0.1, 0.15) is 5.75 Å². The highest BCUT2D eigenvalue weighted by Crippen LogP contribution is 2.26. The van der Waals surface area contributed by atoms with Crippen molar-refractivity contribution < 1.29 is 19.8 Å². The highest BCUT2D eigenvalue weighted by Gasteiger charge is 2.29. The molecule has 0 radical (unpaired) electrons. The number of carbonyl (C=O) groups excluding carboxylic acids is 1. The molecule has 18 heavy (non-hydrogen) atoms. The fourth-order valence-electron chi connectivity index (χ4n) is 2.33. The van der Waals surface area contributed by atoms with Gasteiger partial charge in [-0.1, -0.05) is 6.07 Å². The summed E-state index contributed by atoms with van der Waals surface area (Å²) in [7, 11) is 1.65. The lowest BCUT2D eigenvalue weighted by atomic mass is 9.94. The summed E-state index contributed by atoms with van der Waals surface area (Å²) >= 11 is 0. The Morgan fingerprint density at radius 2 is 2.17 bits per heavy atom. The molecule has 0 aromatic heterocycles. The van der Waals surface area contributed by atoms with Crippen LogP contribution >= 0.6 is 0 Å². The van der Waals surface area contributed by atoms with Gasteiger partial charge in [0.25, 0.3) is 0 Å². The molecule has 1 aliphatic rings. The molecular weight excluding hydrogens is 234 g/mol. The van der Waals surface area contributed by atoms with E-state index in [-0.39, 0.29) is 18.1 Å². The number of carboxylic acid groups (broad SMARTS) is 1. The first-order valence-electron chi connectivity index (χ1n) is 5.75. The standard InChI is InChI=1S/C13H15NO4/c1-14-7-10-5-11(15)3-2-8(10)4-9(13(14)18)6-12(16)17/h2-3,5,9,15H,4,6-7H2,1H3,(H,16,17)/t9-/m0/s1. The molecule has 5 heteroatoms. The summed E-state index contributed by atoms with van der Waals surface area (Å²) in [6, 6.07) is 4.95. The van der Waals surface area contributed by atoms with Crippen molar-refractivity contribution in [3.8, 4) is 5.75 Å². The highest BCUT2D eigenvalue weighted by molar-refractivity contribution is 5.84. The van der Waals surface area contributed by atoms with Crippen molar-refractivity contribution >= 4 is 11.9 Å². The van der Waals surface area contributed by atoms with Crippen molar-refractivity contribution in [2.24, 2.45) is 5.92 Å². The van der Waals surface area contributed by atoms with E-state index in [4.69, 9.17) is 5.11 Å². The van der Waals surface area contributed by atoms with Gasteiger partial charge < -0.3 is 15.1 Å². The molecule has 1 amide bonds. The first-order valence-corrected chi connectivity index (χ1v) is 5.75. The van der Waals surface area contributed by atoms with Gasteiger partial charge in [-0.15, -0.1) is 0 Å². The predicted molar refractivity (Wildman–Crippen MR) is 64.0 cm³/mol. The summed E-state index contributed by atoms with van der Waals surface area (Å²) in [5, 5.41) is 18.3. The van der Waals surface area contributed by atoms with Crippen molar-refractivity contribution in [3.63, 3.8) is 0 Å². The second-order valence-corrected chi connectivity index (χ2v) is 4.65. The number of carboxylic acids is 1. The number of fused-ring (bicyclic) bond motifs is 1. The summed E-state index contributed by atoms with van der Waals surface area (Å²) < 4.78 is 0. The molecule has 0 saturated carbocycles. The first-order chi connectivity index (χ1) is 8.47. The molecule has 0 unspecified atom stereocenters. The lowest BCUT2D eigenvalue weighted by Gasteiger charge is -2.18. The molecule has 0 saturated heterocycles. The largest absolute Gasteiger partial charge is 0.508 e. The number of hydrogen-bond donors (Lipinski definition) is 2. The van der Waals surface area contributed by atoms with Gasteiger partial charge in [-0.3, -0.25) is 9.59 Å². The van der Waals surface area contributed by atoms with Crippen molar-refractivity contribution in [2.45, 2.75) is 19.4 Å². The quantitative estimate of drug-likeness (QED) is 0.819. The van der Waals surface area contributed by atoms with Crippen LogP contribution in [0.25, 0.3) is 0 Å². The van der Waals surface area contributed by atoms with Crippen LogP contribution < -0.4 is 0 Å². The number of aliphatic carboxylic acids is 1. The summed E-state index contributed by atoms with van der Waals surface area (Å²) in [6.45, 7) is 0.401. The average Bonchev–Trinajstić information content (AvgIpc) is 2.39. The summed E-state index contributed by atoms with van der Waals surface area (Å²) in [6.07, 6.45) is 0.245. The number of phenols is 1. The lowest BCUT2D eigenvalue weighted by molar-refractivity contribution is -0.143. The number of benzene rings is 1. The number of phenolic OH excluding ortho intramolecular Hbond substituents is 1. The van der Waals surface area contributed by atoms with E-state index in [1.807, 2.05) is 0 Å². The van der Waals surface area contributed by atoms with E-state index < -0.39 is 11.9 Å². The molecule has 5 nitrogen and oxygen atoms in total. The second-order valence-electron chi connectivity index (χ2n) is 4.65. The van der Waals surface area contributed by atoms with Gasteiger partial charge in [0.2, 0.25) is 5.91 Å². The van der Waals surface area contributed by atoms with Gasteiger partial charge in [-0.2, -0.15) is 0 Å². The third kappa shape index (κ3) is 2.45. The third-order valence-electron chi connectivity index (χ3n) is 3.21. The average molecular weight is 249 g/mol. The molecule has 96 valence electrons. The Kier molecular flexibility index (Phi) is 3.23. The molecule has 1 aromatic carbocycles. The summed E-state index contributed by atoms with van der Waals surface area (Å²) in [4.78, 5) is 24.3. The van der Waals surface area contributed by atoms with Gasteiger partial charge in [0, 0.05) is 13.6 Å². The van der Waals surface area contributed by atoms with Crippen molar-refractivity contribution in [1.29, 1.82) is 0 Å². The maximum Gasteiger partial charge on any atom is 0.304 e. The minimum atomic E-state index is -0.969. The van der Waals surface area contributed by atoms with Gasteiger partial charge in [-0.05, 0) is 29.7 Å². The van der Waals surface area contributed by atoms with E-state index >= 15 is 0 Å². The van der Waals surface area contributed by atoms with Crippen LogP contribution in [0.5, 0.6) is 5.75 Å². The van der Waals surface area contributed by atoms with Crippen LogP contribution in [0.15, 0.2) is 18.2 Å². The molecule has 1 atom stereocenters. The monoisotopic (exact) mass is 249 g/mol. The molecule has 2 rings (SSSR count). The number of carbonyl (C=O) groups is 2. The molecule has 1 aromatic rings. The zero-order valence-electron chi connectivity index (χ0n) is 10.1. The summed E-state index contributed by atoms with van der Waals surface area (Å²) in [5.41, 5.74) is 1.80. The number of nitrogens with zero attached hydrogens (tertiary/aromatic N) is 1. The first kappa shape index (κ1) is 12.4. The molecule has 0 fully saturated rings. The van der Waals surface area contributed by atoms with Crippen molar-refractivity contribution in [1.82, 2.24) is 4.90 Å². The van der Waals surface area contributed by atoms with Crippen molar-refractivity contribution in [3.05, 3.63) is 29.3 Å². The normalized spacial score (nSPS) is 19.3. The lowest BCUT2D eigenvalue weighted by Crippen LogP contribution is -2.32. The predicted octanol–water partition coefficient (Wildman–Crippen LogP) is 0.998. The smallest absolute Gasteiger partial charge is 0.304 e. The van der Waals surface area contributed by atoms with Crippen LogP contribution in [0.1, 0.15) is 17.5 Å². The Bertz CT molecular complexity index is 498. The fourth-order valence-corrected chi connectivity index (χ4v) is 2.33. The maximum atomic E-state index is 12.0. The molecule has 2 N–H and O–H groups in total. The molecule has 1 heterocycles. The molecule has 0 bridgehead atoms. The number of amides is 1. The number of aromatic hydroxyl groups is 1. The van der Waals surface area contributed by atoms with Crippen LogP contribution in [0.4, 0.5) is 0 Å². The SMILES string of the molecule is CN1Cc2cc(O)ccc2C[C@@H](CC(=O)O)C1=O. The van der Waals surface area contributed by atoms with E-state index in [2.05, 4.69) is 0 Å². The van der Waals surface area contributed by atoms with Crippen molar-refractivity contribution in [2.75, 3.05) is 7.05 Å². The Balaban J connectivity index is 2.34. The van der Waals surface area contributed by atoms with E-state index in [1.54, 1.807) is 25.2 Å². The fraction of sp³-hybridized carbons (Fsp3) is 0.385. The van der Waals surface area contributed by atoms with Crippen LogP contribution in [-0.4, -0.2) is 34.0 Å². The van der Waals surface area contributed by atoms with Crippen LogP contribution in [-0.2, 0) is 22.6 Å². The van der Waals surface area contributed by atoms with E-state index in [1.165, 1.54) is 4.90 Å². The Morgan fingerprint density at radius 3 is 2.83 bits per heavy atom. The van der Waals surface area contributed by atoms with E-state index in [0.29, 0.717) is 13.0 Å². The number of hydrogen-bond acceptors (Lipinski definition) is 3. The molecule has 0 aliphatic carbocycles. The zero-order chi connectivity index (χ0) is 13.3. The Labute approximate surface area is 105 Å². The van der Waals surface area contributed by atoms with Gasteiger partial charge >= 0.3 is 5.97 Å². The van der Waals surface area contributed by atoms with Gasteiger partial charge in [0.05, 0.1) is 12.3 Å². The Hall–Kier alpha value is -2.04. The van der Waals surface area contributed by atoms with Gasteiger partial charge in [0.15, 0.2) is 0 Å². The molecule has 1 aliphatic heterocycles. The third-order valence-corrected chi connectivity index (χ3v) is 3.21. The topological polar surface area (TPSA) is 77.8 Å². The van der Waals surface area contributed by atoms with Crippen LogP contribution in [0, 0.1) is 5.92 Å².